The molecule has 110 valence electrons. The summed E-state index contributed by atoms with van der Waals surface area (Å²) in [5, 5.41) is 13.2. The van der Waals surface area contributed by atoms with Crippen LogP contribution >= 0.6 is 0 Å². The zero-order chi connectivity index (χ0) is 14.9. The molecule has 0 spiro atoms. The summed E-state index contributed by atoms with van der Waals surface area (Å²) in [6.45, 7) is 4.73. The third kappa shape index (κ3) is 2.82. The standard InChI is InChI=1S/C13H19N3O4/c1-8(2)10-6-9(14-15(10)3)12(17)16-4-5-20-11(7-16)13(18)19/h6,8,11H,4-5,7H2,1-3H3,(H,18,19)/t11-/m1/s1. The minimum absolute atomic E-state index is 0.0573. The number of carbonyl (C=O) groups excluding carboxylic acids is 1. The fourth-order valence-electron chi connectivity index (χ4n) is 2.27. The number of carboxylic acid groups (broad SMARTS) is 1. The van der Waals surface area contributed by atoms with E-state index in [1.54, 1.807) is 17.8 Å². The maximum absolute atomic E-state index is 12.4. The van der Waals surface area contributed by atoms with Crippen LogP contribution in [0.15, 0.2) is 6.07 Å². The second-order valence-corrected chi connectivity index (χ2v) is 5.18. The van der Waals surface area contributed by atoms with Gasteiger partial charge >= 0.3 is 5.97 Å². The first kappa shape index (κ1) is 14.5. The number of carboxylic acids is 1. The van der Waals surface area contributed by atoms with Gasteiger partial charge in [0, 0.05) is 19.3 Å². The first-order valence-electron chi connectivity index (χ1n) is 6.57. The Kier molecular flexibility index (Phi) is 4.08. The van der Waals surface area contributed by atoms with Gasteiger partial charge < -0.3 is 14.7 Å². The van der Waals surface area contributed by atoms with Crippen LogP contribution in [0.3, 0.4) is 0 Å². The van der Waals surface area contributed by atoms with Crippen molar-refractivity contribution in [3.8, 4) is 0 Å². The van der Waals surface area contributed by atoms with Crippen molar-refractivity contribution >= 4 is 11.9 Å². The van der Waals surface area contributed by atoms with Crippen LogP contribution in [0, 0.1) is 0 Å². The molecule has 1 N–H and O–H groups in total. The van der Waals surface area contributed by atoms with E-state index in [4.69, 9.17) is 9.84 Å². The molecule has 2 heterocycles. The number of aryl methyl sites for hydroxylation is 1. The number of hydrogen-bond acceptors (Lipinski definition) is 4. The Morgan fingerprint density at radius 3 is 2.75 bits per heavy atom. The second kappa shape index (κ2) is 5.62. The van der Waals surface area contributed by atoms with Gasteiger partial charge in [0.2, 0.25) is 0 Å². The third-order valence-corrected chi connectivity index (χ3v) is 3.36. The summed E-state index contributed by atoms with van der Waals surface area (Å²) in [4.78, 5) is 24.8. The number of carbonyl (C=O) groups is 2. The Morgan fingerprint density at radius 1 is 1.50 bits per heavy atom. The molecule has 1 atom stereocenters. The summed E-state index contributed by atoms with van der Waals surface area (Å²) < 4.78 is 6.79. The molecule has 1 aliphatic heterocycles. The molecular weight excluding hydrogens is 262 g/mol. The first-order valence-corrected chi connectivity index (χ1v) is 6.57. The van der Waals surface area contributed by atoms with E-state index in [0.717, 1.165) is 5.69 Å². The number of nitrogens with zero attached hydrogens (tertiary/aromatic N) is 3. The molecule has 1 fully saturated rings. The van der Waals surface area contributed by atoms with Crippen molar-refractivity contribution in [2.75, 3.05) is 19.7 Å². The molecule has 7 nitrogen and oxygen atoms in total. The van der Waals surface area contributed by atoms with Gasteiger partial charge in [0.1, 0.15) is 0 Å². The second-order valence-electron chi connectivity index (χ2n) is 5.18. The summed E-state index contributed by atoms with van der Waals surface area (Å²) in [5.74, 6) is -1.03. The number of aromatic nitrogens is 2. The van der Waals surface area contributed by atoms with E-state index in [0.29, 0.717) is 12.2 Å². The number of hydrogen-bond donors (Lipinski definition) is 1. The topological polar surface area (TPSA) is 84.7 Å². The Labute approximate surface area is 117 Å². The van der Waals surface area contributed by atoms with Crippen LogP contribution < -0.4 is 0 Å². The molecule has 1 amide bonds. The lowest BCUT2D eigenvalue weighted by Gasteiger charge is -2.30. The van der Waals surface area contributed by atoms with E-state index < -0.39 is 12.1 Å². The average Bonchev–Trinajstić information content (AvgIpc) is 2.80. The van der Waals surface area contributed by atoms with Gasteiger partial charge in [0.05, 0.1) is 13.2 Å². The third-order valence-electron chi connectivity index (χ3n) is 3.36. The molecule has 0 bridgehead atoms. The van der Waals surface area contributed by atoms with Crippen molar-refractivity contribution in [3.63, 3.8) is 0 Å². The molecule has 0 aromatic carbocycles. The SMILES string of the molecule is CC(C)c1cc(C(=O)N2CCO[C@@H](C(=O)O)C2)nn1C. The predicted molar refractivity (Wildman–Crippen MR) is 70.6 cm³/mol. The average molecular weight is 281 g/mol. The van der Waals surface area contributed by atoms with Crippen molar-refractivity contribution in [1.29, 1.82) is 0 Å². The highest BCUT2D eigenvalue weighted by Gasteiger charge is 2.30. The molecule has 2 rings (SSSR count). The lowest BCUT2D eigenvalue weighted by molar-refractivity contribution is -0.154. The fraction of sp³-hybridized carbons (Fsp3) is 0.615. The summed E-state index contributed by atoms with van der Waals surface area (Å²) in [7, 11) is 1.80. The maximum Gasteiger partial charge on any atom is 0.334 e. The van der Waals surface area contributed by atoms with E-state index in [2.05, 4.69) is 5.10 Å². The monoisotopic (exact) mass is 281 g/mol. The molecule has 0 unspecified atom stereocenters. The van der Waals surface area contributed by atoms with Crippen LogP contribution in [-0.4, -0.2) is 57.5 Å². The van der Waals surface area contributed by atoms with Crippen molar-refractivity contribution in [2.24, 2.45) is 7.05 Å². The van der Waals surface area contributed by atoms with Crippen LogP contribution in [0.4, 0.5) is 0 Å². The molecule has 0 radical (unpaired) electrons. The zero-order valence-electron chi connectivity index (χ0n) is 11.9. The number of rotatable bonds is 3. The Bertz CT molecular complexity index is 524. The van der Waals surface area contributed by atoms with E-state index in [1.165, 1.54) is 4.90 Å². The minimum atomic E-state index is -1.05. The molecule has 1 aliphatic rings. The lowest BCUT2D eigenvalue weighted by Crippen LogP contribution is -2.48. The van der Waals surface area contributed by atoms with Crippen molar-refractivity contribution in [3.05, 3.63) is 17.5 Å². The normalized spacial score (nSPS) is 19.4. The van der Waals surface area contributed by atoms with E-state index in [1.807, 2.05) is 13.8 Å². The molecule has 1 saturated heterocycles. The quantitative estimate of drug-likeness (QED) is 0.870. The summed E-state index contributed by atoms with van der Waals surface area (Å²) >= 11 is 0. The van der Waals surface area contributed by atoms with Crippen LogP contribution in [0.25, 0.3) is 0 Å². The maximum atomic E-state index is 12.4. The fourth-order valence-corrected chi connectivity index (χ4v) is 2.27. The van der Waals surface area contributed by atoms with Gasteiger partial charge in [-0.15, -0.1) is 0 Å². The molecular formula is C13H19N3O4. The summed E-state index contributed by atoms with van der Waals surface area (Å²) in [5.41, 5.74) is 1.32. The number of ether oxygens (including phenoxy) is 1. The smallest absolute Gasteiger partial charge is 0.334 e. The van der Waals surface area contributed by atoms with Gasteiger partial charge in [-0.05, 0) is 12.0 Å². The number of amides is 1. The number of morpholine rings is 1. The molecule has 0 aliphatic carbocycles. The molecule has 20 heavy (non-hydrogen) atoms. The summed E-state index contributed by atoms with van der Waals surface area (Å²) in [6, 6.07) is 1.76. The van der Waals surface area contributed by atoms with Gasteiger partial charge in [-0.1, -0.05) is 13.8 Å². The van der Waals surface area contributed by atoms with Crippen LogP contribution in [0.1, 0.15) is 35.9 Å². The highest BCUT2D eigenvalue weighted by atomic mass is 16.5. The van der Waals surface area contributed by atoms with Gasteiger partial charge in [-0.2, -0.15) is 5.10 Å². The van der Waals surface area contributed by atoms with Crippen LogP contribution in [-0.2, 0) is 16.6 Å². The van der Waals surface area contributed by atoms with Crippen molar-refractivity contribution < 1.29 is 19.4 Å². The summed E-state index contributed by atoms with van der Waals surface area (Å²) in [6.07, 6.45) is -0.957. The van der Waals surface area contributed by atoms with Crippen molar-refractivity contribution in [2.45, 2.75) is 25.9 Å². The van der Waals surface area contributed by atoms with Gasteiger partial charge in [-0.25, -0.2) is 4.79 Å². The van der Waals surface area contributed by atoms with Gasteiger partial charge in [-0.3, -0.25) is 9.48 Å². The van der Waals surface area contributed by atoms with Crippen LogP contribution in [0.5, 0.6) is 0 Å². The van der Waals surface area contributed by atoms with E-state index >= 15 is 0 Å². The van der Waals surface area contributed by atoms with Crippen molar-refractivity contribution in [1.82, 2.24) is 14.7 Å². The largest absolute Gasteiger partial charge is 0.479 e. The Morgan fingerprint density at radius 2 is 2.20 bits per heavy atom. The molecule has 1 aromatic heterocycles. The predicted octanol–water partition coefficient (Wildman–Crippen LogP) is 0.469. The zero-order valence-corrected chi connectivity index (χ0v) is 11.9. The van der Waals surface area contributed by atoms with E-state index in [9.17, 15) is 9.59 Å². The Hall–Kier alpha value is -1.89. The Balaban J connectivity index is 2.14. The number of aliphatic carboxylic acids is 1. The molecule has 7 heteroatoms. The first-order chi connectivity index (χ1) is 9.40. The molecule has 1 aromatic rings. The highest BCUT2D eigenvalue weighted by Crippen LogP contribution is 2.17. The highest BCUT2D eigenvalue weighted by molar-refractivity contribution is 5.93. The van der Waals surface area contributed by atoms with E-state index in [-0.39, 0.29) is 25.0 Å². The lowest BCUT2D eigenvalue weighted by atomic mass is 10.1. The molecule has 0 saturated carbocycles. The van der Waals surface area contributed by atoms with Crippen LogP contribution in [0.2, 0.25) is 0 Å². The van der Waals surface area contributed by atoms with Gasteiger partial charge in [0.25, 0.3) is 5.91 Å². The minimum Gasteiger partial charge on any atom is -0.479 e. The van der Waals surface area contributed by atoms with Gasteiger partial charge in [0.15, 0.2) is 11.8 Å².